The minimum Gasteiger partial charge on any atom is -0.387 e. The van der Waals surface area contributed by atoms with Crippen LogP contribution < -0.4 is 5.32 Å². The van der Waals surface area contributed by atoms with Gasteiger partial charge in [0.15, 0.2) is 0 Å². The van der Waals surface area contributed by atoms with E-state index in [1.807, 2.05) is 0 Å². The van der Waals surface area contributed by atoms with E-state index in [4.69, 9.17) is 23.2 Å². The summed E-state index contributed by atoms with van der Waals surface area (Å²) in [7, 11) is 0. The molecule has 1 aliphatic rings. The van der Waals surface area contributed by atoms with Gasteiger partial charge in [0.2, 0.25) is 0 Å². The zero-order valence-corrected chi connectivity index (χ0v) is 17.5. The molecule has 1 saturated carbocycles. The predicted molar refractivity (Wildman–Crippen MR) is 107 cm³/mol. The molecule has 2 aromatic carbocycles. The molecule has 2 aromatic rings. The Bertz CT molecular complexity index is 985. The summed E-state index contributed by atoms with van der Waals surface area (Å²) < 4.78 is 67.8. The van der Waals surface area contributed by atoms with Crippen molar-refractivity contribution in [1.82, 2.24) is 5.32 Å². The summed E-state index contributed by atoms with van der Waals surface area (Å²) in [6.07, 6.45) is -6.39. The third-order valence-electron chi connectivity index (χ3n) is 5.47. The second kappa shape index (κ2) is 8.92. The van der Waals surface area contributed by atoms with Crippen LogP contribution in [0.1, 0.15) is 46.7 Å². The summed E-state index contributed by atoms with van der Waals surface area (Å²) in [5.74, 6) is -2.82. The second-order valence-corrected chi connectivity index (χ2v) is 8.36. The van der Waals surface area contributed by atoms with E-state index in [1.54, 1.807) is 0 Å². The van der Waals surface area contributed by atoms with Gasteiger partial charge in [0, 0.05) is 17.5 Å². The van der Waals surface area contributed by atoms with E-state index in [1.165, 1.54) is 12.1 Å². The monoisotopic (exact) mass is 481 g/mol. The van der Waals surface area contributed by atoms with Gasteiger partial charge in [-0.2, -0.15) is 13.2 Å². The molecule has 3 nitrogen and oxygen atoms in total. The van der Waals surface area contributed by atoms with Crippen LogP contribution >= 0.6 is 23.2 Å². The van der Waals surface area contributed by atoms with Gasteiger partial charge in [-0.3, -0.25) is 4.79 Å². The van der Waals surface area contributed by atoms with Crippen molar-refractivity contribution in [3.05, 3.63) is 69.0 Å². The smallest absolute Gasteiger partial charge is 0.387 e. The highest BCUT2D eigenvalue weighted by molar-refractivity contribution is 6.31. The summed E-state index contributed by atoms with van der Waals surface area (Å²) >= 11 is 11.8. The number of carbonyl (C=O) groups excluding carboxylic acids is 1. The molecule has 168 valence electrons. The van der Waals surface area contributed by atoms with Gasteiger partial charge >= 0.3 is 6.18 Å². The highest BCUT2D eigenvalue weighted by Gasteiger charge is 2.45. The van der Waals surface area contributed by atoms with Gasteiger partial charge in [-0.25, -0.2) is 8.78 Å². The van der Waals surface area contributed by atoms with E-state index < -0.39 is 53.3 Å². The largest absolute Gasteiger partial charge is 0.417 e. The number of amides is 1. The number of benzene rings is 2. The third kappa shape index (κ3) is 5.13. The van der Waals surface area contributed by atoms with Crippen LogP contribution in [0.25, 0.3) is 0 Å². The molecule has 3 atom stereocenters. The molecule has 0 heterocycles. The van der Waals surface area contributed by atoms with Gasteiger partial charge in [0.1, 0.15) is 12.0 Å². The van der Waals surface area contributed by atoms with Crippen LogP contribution in [-0.4, -0.2) is 29.3 Å². The highest BCUT2D eigenvalue weighted by atomic mass is 35.5. The molecule has 0 saturated heterocycles. The maximum absolute atomic E-state index is 14.1. The first-order valence-corrected chi connectivity index (χ1v) is 10.1. The number of aliphatic hydroxyl groups is 1. The standard InChI is InChI=1S/C21H18Cl2F5NO2/c22-11-4-5-15(21(26,27)28)14(8-11)19(30)29-10-20(31)7-6-12(24)9-16(20)13-2-1-3-17(25)18(13)23/h1-5,8,12,16,31H,6-7,9-10H2,(H,29,30). The lowest BCUT2D eigenvalue weighted by atomic mass is 9.71. The van der Waals surface area contributed by atoms with Crippen molar-refractivity contribution in [2.75, 3.05) is 6.54 Å². The maximum atomic E-state index is 14.1. The number of halogens is 7. The highest BCUT2D eigenvalue weighted by Crippen LogP contribution is 2.44. The lowest BCUT2D eigenvalue weighted by molar-refractivity contribution is -0.137. The van der Waals surface area contributed by atoms with Gasteiger partial charge < -0.3 is 10.4 Å². The number of alkyl halides is 4. The molecular weight excluding hydrogens is 464 g/mol. The van der Waals surface area contributed by atoms with Crippen LogP contribution in [0.15, 0.2) is 36.4 Å². The normalized spacial score (nSPS) is 24.1. The molecule has 1 amide bonds. The molecule has 1 fully saturated rings. The van der Waals surface area contributed by atoms with Crippen molar-refractivity contribution in [2.24, 2.45) is 0 Å². The van der Waals surface area contributed by atoms with Crippen molar-refractivity contribution < 1.29 is 31.9 Å². The SMILES string of the molecule is O=C(NCC1(O)CCC(F)CC1c1cccc(F)c1Cl)c1cc(Cl)ccc1C(F)(F)F. The lowest BCUT2D eigenvalue weighted by Gasteiger charge is -2.42. The fourth-order valence-electron chi connectivity index (χ4n) is 3.87. The Morgan fingerprint density at radius 3 is 2.61 bits per heavy atom. The summed E-state index contributed by atoms with van der Waals surface area (Å²) in [6, 6.07) is 6.50. The average molecular weight is 482 g/mol. The first-order chi connectivity index (χ1) is 14.4. The molecular formula is C21H18Cl2F5NO2. The molecule has 1 aliphatic carbocycles. The predicted octanol–water partition coefficient (Wildman–Crippen LogP) is 5.92. The van der Waals surface area contributed by atoms with Crippen molar-refractivity contribution in [3.63, 3.8) is 0 Å². The Labute approximate surface area is 185 Å². The zero-order chi connectivity index (χ0) is 23.0. The number of nitrogens with one attached hydrogen (secondary N) is 1. The quantitative estimate of drug-likeness (QED) is 0.532. The summed E-state index contributed by atoms with van der Waals surface area (Å²) in [5.41, 5.74) is -3.46. The fourth-order valence-corrected chi connectivity index (χ4v) is 4.30. The van der Waals surface area contributed by atoms with Crippen LogP contribution in [0.3, 0.4) is 0 Å². The van der Waals surface area contributed by atoms with Crippen LogP contribution in [-0.2, 0) is 6.18 Å². The van der Waals surface area contributed by atoms with E-state index >= 15 is 0 Å². The number of hydrogen-bond donors (Lipinski definition) is 2. The Kier molecular flexibility index (Phi) is 6.84. The van der Waals surface area contributed by atoms with Crippen molar-refractivity contribution >= 4 is 29.1 Å². The van der Waals surface area contributed by atoms with E-state index in [2.05, 4.69) is 5.32 Å². The van der Waals surface area contributed by atoms with E-state index in [0.717, 1.165) is 18.2 Å². The average Bonchev–Trinajstić information content (AvgIpc) is 2.69. The van der Waals surface area contributed by atoms with Gasteiger partial charge in [0.25, 0.3) is 5.91 Å². The molecule has 0 aliphatic heterocycles. The van der Waals surface area contributed by atoms with Crippen LogP contribution in [0.4, 0.5) is 22.0 Å². The number of rotatable bonds is 4. The van der Waals surface area contributed by atoms with E-state index in [-0.39, 0.29) is 34.9 Å². The number of hydrogen-bond acceptors (Lipinski definition) is 2. The van der Waals surface area contributed by atoms with Crippen LogP contribution in [0, 0.1) is 5.82 Å². The molecule has 0 spiro atoms. The van der Waals surface area contributed by atoms with Crippen LogP contribution in [0.5, 0.6) is 0 Å². The Balaban J connectivity index is 1.88. The molecule has 31 heavy (non-hydrogen) atoms. The topological polar surface area (TPSA) is 49.3 Å². The summed E-state index contributed by atoms with van der Waals surface area (Å²) in [4.78, 5) is 12.5. The van der Waals surface area contributed by atoms with E-state index in [0.29, 0.717) is 6.07 Å². The Morgan fingerprint density at radius 1 is 1.23 bits per heavy atom. The zero-order valence-electron chi connectivity index (χ0n) is 15.9. The Morgan fingerprint density at radius 2 is 1.94 bits per heavy atom. The minimum atomic E-state index is -4.79. The first kappa shape index (κ1) is 23.8. The second-order valence-electron chi connectivity index (χ2n) is 7.54. The number of carbonyl (C=O) groups is 1. The van der Waals surface area contributed by atoms with Crippen molar-refractivity contribution in [2.45, 2.75) is 43.1 Å². The third-order valence-corrected chi connectivity index (χ3v) is 6.11. The molecule has 3 rings (SSSR count). The molecule has 2 N–H and O–H groups in total. The van der Waals surface area contributed by atoms with Crippen LogP contribution in [0.2, 0.25) is 10.0 Å². The molecule has 0 aromatic heterocycles. The summed E-state index contributed by atoms with van der Waals surface area (Å²) in [5, 5.41) is 13.1. The Hall–Kier alpha value is -1.90. The molecule has 10 heteroatoms. The maximum Gasteiger partial charge on any atom is 0.417 e. The van der Waals surface area contributed by atoms with Gasteiger partial charge in [0.05, 0.1) is 21.8 Å². The fraction of sp³-hybridized carbons (Fsp3) is 0.381. The molecule has 0 bridgehead atoms. The molecule has 3 unspecified atom stereocenters. The summed E-state index contributed by atoms with van der Waals surface area (Å²) in [6.45, 7) is -0.486. The van der Waals surface area contributed by atoms with Gasteiger partial charge in [-0.1, -0.05) is 35.3 Å². The molecule has 0 radical (unpaired) electrons. The van der Waals surface area contributed by atoms with E-state index in [9.17, 15) is 31.9 Å². The minimum absolute atomic E-state index is 0.0270. The van der Waals surface area contributed by atoms with Crippen molar-refractivity contribution in [1.29, 1.82) is 0 Å². The first-order valence-electron chi connectivity index (χ1n) is 9.37. The van der Waals surface area contributed by atoms with Crippen molar-refractivity contribution in [3.8, 4) is 0 Å². The van der Waals surface area contributed by atoms with Gasteiger partial charge in [-0.05, 0) is 49.1 Å². The van der Waals surface area contributed by atoms with Gasteiger partial charge in [-0.15, -0.1) is 0 Å². The lowest BCUT2D eigenvalue weighted by Crippen LogP contribution is -2.50.